The molecule has 0 fully saturated rings. The molecule has 4 heteroatoms. The number of hydrogen-bond acceptors (Lipinski definition) is 3. The fourth-order valence-corrected chi connectivity index (χ4v) is 1.52. The van der Waals surface area contributed by atoms with Crippen LogP contribution in [0, 0.1) is 37.1 Å². The minimum Gasteiger partial charge on any atom is -0.872 e. The van der Waals surface area contributed by atoms with Crippen molar-refractivity contribution in [3.05, 3.63) is 110 Å². The molecule has 2 N–H and O–H groups in total. The molecular weight excluding hydrogens is 360 g/mol. The van der Waals surface area contributed by atoms with Crippen LogP contribution in [-0.2, 0) is 21.7 Å². The zero-order valence-corrected chi connectivity index (χ0v) is 18.8. The maximum atomic E-state index is 11.2. The molecule has 0 heterocycles. The van der Waals surface area contributed by atoms with Gasteiger partial charge in [0.2, 0.25) is 0 Å². The van der Waals surface area contributed by atoms with Gasteiger partial charge in [-0.3, -0.25) is 0 Å². The van der Waals surface area contributed by atoms with Crippen molar-refractivity contribution in [2.45, 2.75) is 0 Å². The second-order valence-corrected chi connectivity index (χ2v) is 3.44. The first-order valence-corrected chi connectivity index (χ1v) is 6.09. The summed E-state index contributed by atoms with van der Waals surface area (Å²) in [6.45, 7) is 0. The summed E-state index contributed by atoms with van der Waals surface area (Å²) in [4.78, 5) is 0. The molecule has 0 aliphatic rings. The monoisotopic (exact) mass is 395 g/mol. The molecule has 26 heavy (non-hydrogen) atoms. The van der Waals surface area contributed by atoms with Gasteiger partial charge in [0, 0.05) is 35.9 Å². The van der Waals surface area contributed by atoms with Crippen LogP contribution in [0.25, 0.3) is 10.8 Å². The first-order chi connectivity index (χ1) is 9.88. The fraction of sp³-hybridized carbons (Fsp3) is 0.0909. The van der Waals surface area contributed by atoms with Crippen molar-refractivity contribution in [3.63, 3.8) is 0 Å². The SMILES string of the molecule is CO.CO.[CH3-].[CH3-].[CH3-].[CH3-].[CH3-].[O-]c1cccc2ccccc12.[Ti].c1cc[cH-]c1. The van der Waals surface area contributed by atoms with Crippen LogP contribution in [0.15, 0.2) is 72.8 Å². The van der Waals surface area contributed by atoms with E-state index in [0.717, 1.165) is 25.0 Å². The largest absolute Gasteiger partial charge is 0.872 e. The maximum absolute atomic E-state index is 11.2. The number of aliphatic hydroxyl groups is 2. The summed E-state index contributed by atoms with van der Waals surface area (Å²) in [7, 11) is 2.00. The third-order valence-corrected chi connectivity index (χ3v) is 2.31. The van der Waals surface area contributed by atoms with E-state index in [1.54, 1.807) is 12.1 Å². The summed E-state index contributed by atoms with van der Waals surface area (Å²) < 4.78 is 0. The first-order valence-electron chi connectivity index (χ1n) is 6.09. The van der Waals surface area contributed by atoms with E-state index in [4.69, 9.17) is 10.2 Å². The molecule has 3 rings (SSSR count). The molecule has 0 amide bonds. The van der Waals surface area contributed by atoms with Gasteiger partial charge in [-0.25, -0.2) is 12.1 Å². The molecule has 3 aromatic carbocycles. The number of rotatable bonds is 0. The predicted molar refractivity (Wildman–Crippen MR) is 114 cm³/mol. The van der Waals surface area contributed by atoms with E-state index in [2.05, 4.69) is 0 Å². The van der Waals surface area contributed by atoms with Crippen LogP contribution in [0.2, 0.25) is 0 Å². The van der Waals surface area contributed by atoms with Gasteiger partial charge in [0.1, 0.15) is 0 Å². The molecule has 152 valence electrons. The summed E-state index contributed by atoms with van der Waals surface area (Å²) in [5, 5.41) is 27.0. The maximum Gasteiger partial charge on any atom is 0.0319 e. The Kier molecular flexibility index (Phi) is 53.1. The molecule has 0 aliphatic heterocycles. The molecular formula is C22H35O3Ti-7. The van der Waals surface area contributed by atoms with Crippen molar-refractivity contribution in [1.82, 2.24) is 0 Å². The number of benzene rings is 2. The van der Waals surface area contributed by atoms with Crippen LogP contribution in [0.4, 0.5) is 0 Å². The fourth-order valence-electron chi connectivity index (χ4n) is 1.52. The Morgan fingerprint density at radius 1 is 0.654 bits per heavy atom. The zero-order valence-electron chi connectivity index (χ0n) is 17.2. The molecule has 0 aliphatic carbocycles. The summed E-state index contributed by atoms with van der Waals surface area (Å²) in [5.74, 6) is 0.100. The summed E-state index contributed by atoms with van der Waals surface area (Å²) in [6, 6.07) is 22.9. The van der Waals surface area contributed by atoms with Gasteiger partial charge in [0.05, 0.1) is 0 Å². The summed E-state index contributed by atoms with van der Waals surface area (Å²) in [6.07, 6.45) is 0. The first kappa shape index (κ1) is 44.2. The minimum atomic E-state index is 0. The molecule has 3 aromatic rings. The number of fused-ring (bicyclic) bond motifs is 1. The van der Waals surface area contributed by atoms with E-state index in [1.165, 1.54) is 0 Å². The Bertz CT molecular complexity index is 530. The Balaban J connectivity index is -0.0000000426. The molecule has 0 saturated heterocycles. The molecule has 0 spiro atoms. The molecule has 0 bridgehead atoms. The Labute approximate surface area is 177 Å². The second-order valence-electron chi connectivity index (χ2n) is 3.44. The van der Waals surface area contributed by atoms with Gasteiger partial charge in [-0.2, -0.15) is 18.2 Å². The molecule has 0 aromatic heterocycles. The van der Waals surface area contributed by atoms with Crippen molar-refractivity contribution in [2.24, 2.45) is 0 Å². The van der Waals surface area contributed by atoms with Crippen LogP contribution in [0.3, 0.4) is 0 Å². The van der Waals surface area contributed by atoms with Crippen molar-refractivity contribution < 1.29 is 37.0 Å². The average molecular weight is 395 g/mol. The van der Waals surface area contributed by atoms with Crippen molar-refractivity contribution in [1.29, 1.82) is 0 Å². The van der Waals surface area contributed by atoms with Crippen LogP contribution in [0.1, 0.15) is 0 Å². The molecule has 0 saturated carbocycles. The van der Waals surface area contributed by atoms with Crippen molar-refractivity contribution in [2.75, 3.05) is 14.2 Å². The second kappa shape index (κ2) is 31.3. The van der Waals surface area contributed by atoms with Crippen LogP contribution in [-0.4, -0.2) is 24.4 Å². The van der Waals surface area contributed by atoms with E-state index in [0.29, 0.717) is 0 Å². The molecule has 3 nitrogen and oxygen atoms in total. The van der Waals surface area contributed by atoms with Gasteiger partial charge in [0.15, 0.2) is 0 Å². The molecule has 0 radical (unpaired) electrons. The van der Waals surface area contributed by atoms with E-state index in [-0.39, 0.29) is 64.6 Å². The van der Waals surface area contributed by atoms with Crippen LogP contribution in [0.5, 0.6) is 5.75 Å². The van der Waals surface area contributed by atoms with Gasteiger partial charge in [-0.1, -0.05) is 42.5 Å². The van der Waals surface area contributed by atoms with E-state index in [1.807, 2.05) is 60.7 Å². The average Bonchev–Trinajstić information content (AvgIpc) is 3.12. The Morgan fingerprint density at radius 2 is 1.08 bits per heavy atom. The van der Waals surface area contributed by atoms with Gasteiger partial charge in [-0.05, 0) is 10.8 Å². The Hall–Kier alpha value is -1.52. The van der Waals surface area contributed by atoms with Crippen LogP contribution >= 0.6 is 0 Å². The third kappa shape index (κ3) is 17.3. The minimum absolute atomic E-state index is 0. The van der Waals surface area contributed by atoms with Crippen LogP contribution < -0.4 is 5.11 Å². The van der Waals surface area contributed by atoms with Gasteiger partial charge in [-0.15, -0.1) is 5.75 Å². The summed E-state index contributed by atoms with van der Waals surface area (Å²) >= 11 is 0. The Morgan fingerprint density at radius 3 is 1.46 bits per heavy atom. The van der Waals surface area contributed by atoms with E-state index < -0.39 is 0 Å². The smallest absolute Gasteiger partial charge is 0.0319 e. The van der Waals surface area contributed by atoms with Crippen molar-refractivity contribution in [3.8, 4) is 5.75 Å². The number of aliphatic hydroxyl groups excluding tert-OH is 2. The summed E-state index contributed by atoms with van der Waals surface area (Å²) in [5.41, 5.74) is 0. The topological polar surface area (TPSA) is 63.5 Å². The predicted octanol–water partition coefficient (Wildman–Crippen LogP) is 4.78. The third-order valence-electron chi connectivity index (χ3n) is 2.31. The standard InChI is InChI=1S/C10H8O.C5H5.2CH4O.5CH3.Ti/c11-10-7-3-5-8-4-1-2-6-9(8)10;1-2-4-5-3-1;2*1-2;;;;;;/h1-7,11H;1-5H;2*2H,1H3;5*1H3;/q;-1;;;5*-1;/p-1. The van der Waals surface area contributed by atoms with Crippen molar-refractivity contribution >= 4 is 10.8 Å². The zero-order chi connectivity index (χ0) is 15.2. The molecule has 0 atom stereocenters. The van der Waals surface area contributed by atoms with E-state index >= 15 is 0 Å². The quantitative estimate of drug-likeness (QED) is 0.425. The normalized spacial score (nSPS) is 6.31. The molecule has 0 unspecified atom stereocenters. The van der Waals surface area contributed by atoms with Gasteiger partial charge >= 0.3 is 0 Å². The van der Waals surface area contributed by atoms with Gasteiger partial charge < -0.3 is 52.5 Å². The van der Waals surface area contributed by atoms with Gasteiger partial charge in [0.25, 0.3) is 0 Å². The van der Waals surface area contributed by atoms with E-state index in [9.17, 15) is 5.11 Å². The number of hydrogen-bond donors (Lipinski definition) is 2.